The zero-order chi connectivity index (χ0) is 13.8. The van der Waals surface area contributed by atoms with Crippen LogP contribution >= 0.6 is 27.3 Å². The van der Waals surface area contributed by atoms with E-state index in [9.17, 15) is 4.79 Å². The summed E-state index contributed by atoms with van der Waals surface area (Å²) in [6.07, 6.45) is 3.38. The Hall–Kier alpha value is -1.47. The van der Waals surface area contributed by atoms with Crippen molar-refractivity contribution in [1.82, 2.24) is 9.97 Å². The van der Waals surface area contributed by atoms with Crippen LogP contribution < -0.4 is 5.32 Å². The monoisotopic (exact) mass is 341 g/mol. The summed E-state index contributed by atoms with van der Waals surface area (Å²) in [5.41, 5.74) is 1.16. The quantitative estimate of drug-likeness (QED) is 0.861. The molecule has 0 radical (unpaired) electrons. The van der Waals surface area contributed by atoms with Gasteiger partial charge in [0.1, 0.15) is 0 Å². The van der Waals surface area contributed by atoms with Crippen molar-refractivity contribution in [3.05, 3.63) is 33.5 Å². The normalized spacial score (nSPS) is 10.3. The van der Waals surface area contributed by atoms with Gasteiger partial charge in [-0.3, -0.25) is 4.98 Å². The van der Waals surface area contributed by atoms with Crippen molar-refractivity contribution in [3.8, 4) is 0 Å². The van der Waals surface area contributed by atoms with E-state index in [-0.39, 0.29) is 0 Å². The van der Waals surface area contributed by atoms with Gasteiger partial charge in [-0.15, -0.1) is 11.3 Å². The summed E-state index contributed by atoms with van der Waals surface area (Å²) in [5.74, 6) is -0.392. The minimum atomic E-state index is -0.392. The Morgan fingerprint density at radius 1 is 1.53 bits per heavy atom. The Labute approximate surface area is 123 Å². The van der Waals surface area contributed by atoms with E-state index in [2.05, 4.69) is 31.2 Å². The number of thiazole rings is 1. The van der Waals surface area contributed by atoms with Crippen LogP contribution in [0.2, 0.25) is 0 Å². The summed E-state index contributed by atoms with van der Waals surface area (Å²) in [5, 5.41) is 3.75. The Morgan fingerprint density at radius 2 is 2.32 bits per heavy atom. The van der Waals surface area contributed by atoms with Gasteiger partial charge in [-0.25, -0.2) is 9.78 Å². The Morgan fingerprint density at radius 3 is 3.00 bits per heavy atom. The van der Waals surface area contributed by atoms with Gasteiger partial charge in [-0.2, -0.15) is 0 Å². The predicted molar refractivity (Wildman–Crippen MR) is 78.0 cm³/mol. The first kappa shape index (κ1) is 14.0. The van der Waals surface area contributed by atoms with Crippen LogP contribution in [0.3, 0.4) is 0 Å². The molecule has 7 heteroatoms. The van der Waals surface area contributed by atoms with Gasteiger partial charge in [0.05, 0.1) is 18.5 Å². The zero-order valence-electron chi connectivity index (χ0n) is 10.4. The number of carbonyl (C=O) groups is 1. The number of pyridine rings is 1. The van der Waals surface area contributed by atoms with E-state index in [0.29, 0.717) is 17.4 Å². The average molecular weight is 342 g/mol. The first-order valence-electron chi connectivity index (χ1n) is 5.62. The Kier molecular flexibility index (Phi) is 4.49. The van der Waals surface area contributed by atoms with E-state index in [0.717, 1.165) is 15.0 Å². The van der Waals surface area contributed by atoms with E-state index in [1.54, 1.807) is 19.3 Å². The number of hydrogen-bond donors (Lipinski definition) is 1. The molecule has 0 aromatic carbocycles. The highest BCUT2D eigenvalue weighted by Gasteiger charge is 2.16. The molecule has 19 heavy (non-hydrogen) atoms. The molecular formula is C12H12BrN3O2S. The lowest BCUT2D eigenvalue weighted by Gasteiger charge is -2.01. The van der Waals surface area contributed by atoms with Gasteiger partial charge in [-0.1, -0.05) is 0 Å². The molecule has 0 bridgehead atoms. The molecule has 2 aromatic rings. The van der Waals surface area contributed by atoms with Crippen LogP contribution in [0.25, 0.3) is 0 Å². The fourth-order valence-electron chi connectivity index (χ4n) is 1.44. The van der Waals surface area contributed by atoms with Crippen LogP contribution in [-0.2, 0) is 4.74 Å². The number of aryl methyl sites for hydroxylation is 1. The molecule has 0 atom stereocenters. The van der Waals surface area contributed by atoms with Crippen LogP contribution in [0.15, 0.2) is 22.9 Å². The van der Waals surface area contributed by atoms with Crippen LogP contribution in [0.4, 0.5) is 10.8 Å². The first-order chi connectivity index (χ1) is 9.10. The number of halogens is 1. The lowest BCUT2D eigenvalue weighted by Crippen LogP contribution is -2.06. The molecule has 0 aliphatic heterocycles. The average Bonchev–Trinajstić information content (AvgIpc) is 2.70. The molecule has 0 spiro atoms. The third kappa shape index (κ3) is 3.51. The van der Waals surface area contributed by atoms with Gasteiger partial charge < -0.3 is 10.1 Å². The van der Waals surface area contributed by atoms with Crippen molar-refractivity contribution < 1.29 is 9.53 Å². The molecular weight excluding hydrogens is 330 g/mol. The smallest absolute Gasteiger partial charge is 0.358 e. The minimum Gasteiger partial charge on any atom is -0.461 e. The highest BCUT2D eigenvalue weighted by Crippen LogP contribution is 2.26. The third-order valence-electron chi connectivity index (χ3n) is 2.22. The highest BCUT2D eigenvalue weighted by atomic mass is 79.9. The molecule has 0 fully saturated rings. The Bertz CT molecular complexity index is 600. The standard InChI is InChI=1S/C12H12BrN3O2S/c1-3-18-11(17)10-7(2)19-12(16-10)15-9-4-8(13)5-14-6-9/h4-6H,3H2,1-2H3,(H,15,16). The van der Waals surface area contributed by atoms with Crippen molar-refractivity contribution >= 4 is 44.1 Å². The first-order valence-corrected chi connectivity index (χ1v) is 7.23. The van der Waals surface area contributed by atoms with Crippen LogP contribution in [-0.4, -0.2) is 22.5 Å². The zero-order valence-corrected chi connectivity index (χ0v) is 12.8. The van der Waals surface area contributed by atoms with Crippen molar-refractivity contribution in [2.45, 2.75) is 13.8 Å². The van der Waals surface area contributed by atoms with E-state index in [1.165, 1.54) is 11.3 Å². The lowest BCUT2D eigenvalue weighted by atomic mass is 10.4. The van der Waals surface area contributed by atoms with E-state index in [4.69, 9.17) is 4.74 Å². The van der Waals surface area contributed by atoms with Crippen LogP contribution in [0.5, 0.6) is 0 Å². The lowest BCUT2D eigenvalue weighted by molar-refractivity contribution is 0.0519. The number of nitrogens with zero attached hydrogens (tertiary/aromatic N) is 2. The second kappa shape index (κ2) is 6.12. The summed E-state index contributed by atoms with van der Waals surface area (Å²) >= 11 is 4.75. The fourth-order valence-corrected chi connectivity index (χ4v) is 2.63. The van der Waals surface area contributed by atoms with Gasteiger partial charge in [0.2, 0.25) is 0 Å². The van der Waals surface area contributed by atoms with E-state index < -0.39 is 5.97 Å². The molecule has 5 nitrogen and oxygen atoms in total. The molecule has 0 amide bonds. The summed E-state index contributed by atoms with van der Waals surface area (Å²) in [6, 6.07) is 1.88. The maximum absolute atomic E-state index is 11.7. The highest BCUT2D eigenvalue weighted by molar-refractivity contribution is 9.10. The number of nitrogens with one attached hydrogen (secondary N) is 1. The number of esters is 1. The number of anilines is 2. The molecule has 0 saturated heterocycles. The molecule has 1 N–H and O–H groups in total. The number of hydrogen-bond acceptors (Lipinski definition) is 6. The van der Waals surface area contributed by atoms with E-state index in [1.807, 2.05) is 13.0 Å². The topological polar surface area (TPSA) is 64.1 Å². The van der Waals surface area contributed by atoms with Gasteiger partial charge in [0, 0.05) is 15.5 Å². The number of carbonyl (C=O) groups excluding carboxylic acids is 1. The predicted octanol–water partition coefficient (Wildman–Crippen LogP) is 3.53. The molecule has 2 aromatic heterocycles. The fraction of sp³-hybridized carbons (Fsp3) is 0.250. The molecule has 2 heterocycles. The summed E-state index contributed by atoms with van der Waals surface area (Å²) in [7, 11) is 0. The maximum Gasteiger partial charge on any atom is 0.358 e. The van der Waals surface area contributed by atoms with Crippen LogP contribution in [0.1, 0.15) is 22.3 Å². The van der Waals surface area contributed by atoms with Crippen molar-refractivity contribution in [2.75, 3.05) is 11.9 Å². The molecule has 100 valence electrons. The molecule has 0 unspecified atom stereocenters. The van der Waals surface area contributed by atoms with E-state index >= 15 is 0 Å². The molecule has 0 aliphatic rings. The summed E-state index contributed by atoms with van der Waals surface area (Å²) in [4.78, 5) is 20.8. The molecule has 0 aliphatic carbocycles. The largest absolute Gasteiger partial charge is 0.461 e. The SMILES string of the molecule is CCOC(=O)c1nc(Nc2cncc(Br)c2)sc1C. The second-order valence-corrected chi connectivity index (χ2v) is 5.78. The van der Waals surface area contributed by atoms with Crippen molar-refractivity contribution in [1.29, 1.82) is 0 Å². The summed E-state index contributed by atoms with van der Waals surface area (Å²) < 4.78 is 5.82. The second-order valence-electron chi connectivity index (χ2n) is 3.66. The van der Waals surface area contributed by atoms with Crippen LogP contribution in [0, 0.1) is 6.92 Å². The van der Waals surface area contributed by atoms with Gasteiger partial charge in [-0.05, 0) is 35.8 Å². The Balaban J connectivity index is 2.18. The number of ether oxygens (including phenoxy) is 1. The third-order valence-corrected chi connectivity index (χ3v) is 3.54. The molecule has 2 rings (SSSR count). The number of aromatic nitrogens is 2. The minimum absolute atomic E-state index is 0.341. The van der Waals surface area contributed by atoms with Gasteiger partial charge >= 0.3 is 5.97 Å². The van der Waals surface area contributed by atoms with Gasteiger partial charge in [0.25, 0.3) is 0 Å². The van der Waals surface area contributed by atoms with Crippen molar-refractivity contribution in [2.24, 2.45) is 0 Å². The number of rotatable bonds is 4. The van der Waals surface area contributed by atoms with Crippen molar-refractivity contribution in [3.63, 3.8) is 0 Å². The molecule has 0 saturated carbocycles. The maximum atomic E-state index is 11.7. The summed E-state index contributed by atoms with van der Waals surface area (Å²) in [6.45, 7) is 3.95. The van der Waals surface area contributed by atoms with Gasteiger partial charge in [0.15, 0.2) is 10.8 Å².